The van der Waals surface area contributed by atoms with Crippen LogP contribution >= 0.6 is 0 Å². The van der Waals surface area contributed by atoms with Gasteiger partial charge in [0.1, 0.15) is 0 Å². The number of benzene rings is 2. The fraction of sp³-hybridized carbons (Fsp3) is 0.318. The number of fused-ring (bicyclic) bond motifs is 1. The topological polar surface area (TPSA) is 84.2 Å². The highest BCUT2D eigenvalue weighted by atomic mass is 19.2. The summed E-state index contributed by atoms with van der Waals surface area (Å²) >= 11 is 0. The second-order valence-corrected chi connectivity index (χ2v) is 7.52. The molecule has 1 aromatic heterocycles. The van der Waals surface area contributed by atoms with E-state index in [2.05, 4.69) is 10.3 Å². The van der Waals surface area contributed by atoms with Gasteiger partial charge in [-0.25, -0.2) is 13.8 Å². The summed E-state index contributed by atoms with van der Waals surface area (Å²) in [5, 5.41) is 13.4. The minimum Gasteiger partial charge on any atom is -0.391 e. The molecule has 1 aliphatic heterocycles. The van der Waals surface area contributed by atoms with Crippen LogP contribution in [0.2, 0.25) is 0 Å². The molecule has 8 heteroatoms. The average molecular weight is 413 g/mol. The number of ketones is 1. The van der Waals surface area contributed by atoms with Crippen molar-refractivity contribution >= 4 is 16.7 Å². The van der Waals surface area contributed by atoms with Gasteiger partial charge in [0.2, 0.25) is 0 Å². The molecule has 3 aromatic rings. The first-order valence-corrected chi connectivity index (χ1v) is 9.81. The number of nitrogens with one attached hydrogen (secondary N) is 1. The average Bonchev–Trinajstić information content (AvgIpc) is 2.73. The van der Waals surface area contributed by atoms with E-state index in [9.17, 15) is 23.5 Å². The summed E-state index contributed by atoms with van der Waals surface area (Å²) in [7, 11) is 0. The number of aliphatic hydroxyl groups is 1. The second-order valence-electron chi connectivity index (χ2n) is 7.52. The number of aliphatic hydroxyl groups excluding tert-OH is 1. The molecule has 4 rings (SSSR count). The number of carbonyl (C=O) groups is 1. The molecule has 1 fully saturated rings. The van der Waals surface area contributed by atoms with Crippen molar-refractivity contribution in [3.05, 3.63) is 64.7 Å². The Hall–Kier alpha value is -2.97. The molecule has 2 N–H and O–H groups in total. The third kappa shape index (κ3) is 4.01. The van der Waals surface area contributed by atoms with Crippen LogP contribution in [0.5, 0.6) is 0 Å². The minimum atomic E-state index is -1.01. The lowest BCUT2D eigenvalue weighted by Crippen LogP contribution is -2.46. The van der Waals surface area contributed by atoms with Crippen molar-refractivity contribution in [2.24, 2.45) is 0 Å². The molecular weight excluding hydrogens is 392 g/mol. The van der Waals surface area contributed by atoms with Gasteiger partial charge in [-0.1, -0.05) is 18.2 Å². The summed E-state index contributed by atoms with van der Waals surface area (Å²) in [6, 6.07) is 8.06. The van der Waals surface area contributed by atoms with Gasteiger partial charge in [0.15, 0.2) is 17.4 Å². The van der Waals surface area contributed by atoms with Crippen LogP contribution in [0.4, 0.5) is 8.78 Å². The summed E-state index contributed by atoms with van der Waals surface area (Å²) < 4.78 is 28.3. The van der Waals surface area contributed by atoms with Crippen molar-refractivity contribution < 1.29 is 18.7 Å². The lowest BCUT2D eigenvalue weighted by molar-refractivity contribution is -0.121. The molecule has 2 aromatic carbocycles. The lowest BCUT2D eigenvalue weighted by atomic mass is 9.97. The van der Waals surface area contributed by atoms with Crippen molar-refractivity contribution in [1.29, 1.82) is 0 Å². The lowest BCUT2D eigenvalue weighted by Gasteiger charge is -2.28. The molecule has 1 aliphatic rings. The standard InChI is InChI=1S/C22H21F2N3O3/c23-16-7-6-13(9-17(16)24)15-3-1-4-18-21(15)22(30)27(12-26-18)11-14(28)10-19-20(29)5-2-8-25-19/h1,3-4,6-7,9,12,19-20,25,29H,2,5,8,10-11H2/t19-,20+/m1/s1. The maximum atomic E-state index is 13.7. The highest BCUT2D eigenvalue weighted by Crippen LogP contribution is 2.26. The fourth-order valence-corrected chi connectivity index (χ4v) is 3.86. The maximum Gasteiger partial charge on any atom is 0.262 e. The van der Waals surface area contributed by atoms with E-state index < -0.39 is 23.3 Å². The van der Waals surface area contributed by atoms with Crippen molar-refractivity contribution in [3.8, 4) is 11.1 Å². The first kappa shape index (κ1) is 20.3. The number of hydrogen-bond acceptors (Lipinski definition) is 5. The van der Waals surface area contributed by atoms with E-state index in [1.807, 2.05) is 0 Å². The molecule has 0 radical (unpaired) electrons. The minimum absolute atomic E-state index is 0.108. The first-order chi connectivity index (χ1) is 14.4. The Labute approximate surface area is 171 Å². The van der Waals surface area contributed by atoms with Gasteiger partial charge in [-0.15, -0.1) is 0 Å². The third-order valence-electron chi connectivity index (χ3n) is 5.43. The Kier molecular flexibility index (Phi) is 5.69. The summed E-state index contributed by atoms with van der Waals surface area (Å²) in [4.78, 5) is 29.9. The van der Waals surface area contributed by atoms with Crippen molar-refractivity contribution in [2.75, 3.05) is 6.54 Å². The zero-order valence-corrected chi connectivity index (χ0v) is 16.1. The molecule has 156 valence electrons. The van der Waals surface area contributed by atoms with E-state index in [0.29, 0.717) is 23.1 Å². The quantitative estimate of drug-likeness (QED) is 0.671. The Morgan fingerprint density at radius 1 is 1.23 bits per heavy atom. The summed E-state index contributed by atoms with van der Waals surface area (Å²) in [5.74, 6) is -2.19. The van der Waals surface area contributed by atoms with E-state index in [1.54, 1.807) is 18.2 Å². The molecule has 1 saturated heterocycles. The zero-order valence-electron chi connectivity index (χ0n) is 16.1. The highest BCUT2D eigenvalue weighted by molar-refractivity contribution is 5.94. The Bertz CT molecular complexity index is 1160. The predicted octanol–water partition coefficient (Wildman–Crippen LogP) is 2.41. The van der Waals surface area contributed by atoms with Crippen LogP contribution in [0.3, 0.4) is 0 Å². The molecule has 0 amide bonds. The molecular formula is C22H21F2N3O3. The molecule has 0 unspecified atom stereocenters. The Balaban J connectivity index is 1.67. The number of nitrogens with zero attached hydrogens (tertiary/aromatic N) is 2. The van der Waals surface area contributed by atoms with Gasteiger partial charge in [0, 0.05) is 12.5 Å². The van der Waals surface area contributed by atoms with Crippen molar-refractivity contribution in [3.63, 3.8) is 0 Å². The van der Waals surface area contributed by atoms with Crippen LogP contribution in [-0.2, 0) is 11.3 Å². The van der Waals surface area contributed by atoms with Gasteiger partial charge >= 0.3 is 0 Å². The zero-order chi connectivity index (χ0) is 21.3. The number of Topliss-reactive ketones (excluding diaryl/α,β-unsaturated/α-hetero) is 1. The number of aromatic nitrogens is 2. The van der Waals surface area contributed by atoms with E-state index in [-0.39, 0.29) is 30.2 Å². The molecule has 2 atom stereocenters. The number of halogens is 2. The molecule has 0 saturated carbocycles. The van der Waals surface area contributed by atoms with Crippen LogP contribution in [-0.4, -0.2) is 39.1 Å². The summed E-state index contributed by atoms with van der Waals surface area (Å²) in [6.45, 7) is 0.558. The summed E-state index contributed by atoms with van der Waals surface area (Å²) in [5.41, 5.74) is 0.716. The van der Waals surface area contributed by atoms with Crippen molar-refractivity contribution in [1.82, 2.24) is 14.9 Å². The van der Waals surface area contributed by atoms with Crippen LogP contribution < -0.4 is 10.9 Å². The first-order valence-electron chi connectivity index (χ1n) is 9.81. The highest BCUT2D eigenvalue weighted by Gasteiger charge is 2.25. The number of piperidine rings is 1. The van der Waals surface area contributed by atoms with E-state index >= 15 is 0 Å². The van der Waals surface area contributed by atoms with Gasteiger partial charge in [0.25, 0.3) is 5.56 Å². The predicted molar refractivity (Wildman–Crippen MR) is 108 cm³/mol. The fourth-order valence-electron chi connectivity index (χ4n) is 3.86. The van der Waals surface area contributed by atoms with Gasteiger partial charge < -0.3 is 10.4 Å². The third-order valence-corrected chi connectivity index (χ3v) is 5.43. The molecule has 2 heterocycles. The molecule has 0 spiro atoms. The van der Waals surface area contributed by atoms with E-state index in [4.69, 9.17) is 0 Å². The largest absolute Gasteiger partial charge is 0.391 e. The van der Waals surface area contributed by atoms with E-state index in [1.165, 1.54) is 17.0 Å². The smallest absolute Gasteiger partial charge is 0.262 e. The van der Waals surface area contributed by atoms with Crippen LogP contribution in [0, 0.1) is 11.6 Å². The molecule has 0 aliphatic carbocycles. The maximum absolute atomic E-state index is 13.7. The number of rotatable bonds is 5. The van der Waals surface area contributed by atoms with Crippen LogP contribution in [0.25, 0.3) is 22.0 Å². The summed E-state index contributed by atoms with van der Waals surface area (Å²) in [6.07, 6.45) is 2.32. The van der Waals surface area contributed by atoms with Gasteiger partial charge in [0.05, 0.1) is 29.9 Å². The van der Waals surface area contributed by atoms with Gasteiger partial charge in [-0.2, -0.15) is 0 Å². The normalized spacial score (nSPS) is 19.2. The molecule has 6 nitrogen and oxygen atoms in total. The SMILES string of the molecule is O=C(C[C@H]1NCCC[C@@H]1O)Cn1cnc2cccc(-c3ccc(F)c(F)c3)c2c1=O. The number of carbonyl (C=O) groups excluding carboxylic acids is 1. The van der Waals surface area contributed by atoms with Crippen LogP contribution in [0.15, 0.2) is 47.5 Å². The molecule has 30 heavy (non-hydrogen) atoms. The van der Waals surface area contributed by atoms with Crippen LogP contribution in [0.1, 0.15) is 19.3 Å². The Morgan fingerprint density at radius 3 is 2.83 bits per heavy atom. The Morgan fingerprint density at radius 2 is 2.07 bits per heavy atom. The van der Waals surface area contributed by atoms with E-state index in [0.717, 1.165) is 25.1 Å². The van der Waals surface area contributed by atoms with Gasteiger partial charge in [-0.3, -0.25) is 14.2 Å². The molecule has 0 bridgehead atoms. The van der Waals surface area contributed by atoms with Gasteiger partial charge in [-0.05, 0) is 48.7 Å². The van der Waals surface area contributed by atoms with Crippen molar-refractivity contribution in [2.45, 2.75) is 38.0 Å². The number of hydrogen-bond donors (Lipinski definition) is 2. The second kappa shape index (κ2) is 8.41. The monoisotopic (exact) mass is 413 g/mol.